The zero-order valence-corrected chi connectivity index (χ0v) is 12.6. The van der Waals surface area contributed by atoms with Crippen molar-refractivity contribution in [3.8, 4) is 0 Å². The number of rotatable bonds is 4. The molecule has 3 rings (SSSR count). The van der Waals surface area contributed by atoms with Crippen molar-refractivity contribution < 1.29 is 9.90 Å². The fraction of sp³-hybridized carbons (Fsp3) is 0.533. The highest BCUT2D eigenvalue weighted by molar-refractivity contribution is 7.00. The molecule has 0 spiro atoms. The summed E-state index contributed by atoms with van der Waals surface area (Å²) in [5.74, 6) is 0.157. The smallest absolute Gasteiger partial charge is 0.251 e. The van der Waals surface area contributed by atoms with Gasteiger partial charge in [-0.1, -0.05) is 19.3 Å². The summed E-state index contributed by atoms with van der Waals surface area (Å²) in [5.41, 5.74) is 2.10. The van der Waals surface area contributed by atoms with Gasteiger partial charge in [-0.2, -0.15) is 8.75 Å². The van der Waals surface area contributed by atoms with Crippen LogP contribution in [-0.2, 0) is 0 Å². The first-order valence-electron chi connectivity index (χ1n) is 7.42. The first-order chi connectivity index (χ1) is 10.2. The van der Waals surface area contributed by atoms with Crippen molar-refractivity contribution in [3.63, 3.8) is 0 Å². The minimum atomic E-state index is -0.445. The number of aliphatic hydroxyl groups excluding tert-OH is 1. The van der Waals surface area contributed by atoms with E-state index in [0.29, 0.717) is 18.0 Å². The molecule has 112 valence electrons. The van der Waals surface area contributed by atoms with Gasteiger partial charge in [0.05, 0.1) is 17.8 Å². The summed E-state index contributed by atoms with van der Waals surface area (Å²) in [6, 6.07) is 5.28. The maximum absolute atomic E-state index is 12.1. The Kier molecular flexibility index (Phi) is 4.45. The Morgan fingerprint density at radius 2 is 2.05 bits per heavy atom. The van der Waals surface area contributed by atoms with E-state index in [1.54, 1.807) is 18.2 Å². The number of fused-ring (bicyclic) bond motifs is 1. The average Bonchev–Trinajstić information content (AvgIpc) is 3.00. The molecule has 1 aliphatic rings. The Hall–Kier alpha value is -1.53. The topological polar surface area (TPSA) is 75.1 Å². The summed E-state index contributed by atoms with van der Waals surface area (Å²) in [6.07, 6.45) is 5.31. The standard InChI is InChI=1S/C15H19N3O2S/c19-14(10-4-2-1-3-5-10)9-16-15(20)11-6-7-12-13(8-11)18-21-17-12/h6-8,10,14,19H,1-5,9H2,(H,16,20). The maximum Gasteiger partial charge on any atom is 0.251 e. The Labute approximate surface area is 127 Å². The normalized spacial score (nSPS) is 17.8. The van der Waals surface area contributed by atoms with E-state index in [4.69, 9.17) is 0 Å². The van der Waals surface area contributed by atoms with Gasteiger partial charge in [0.2, 0.25) is 0 Å². The number of amides is 1. The Morgan fingerprint density at radius 1 is 1.29 bits per heavy atom. The molecule has 1 unspecified atom stereocenters. The van der Waals surface area contributed by atoms with Crippen LogP contribution in [0.5, 0.6) is 0 Å². The van der Waals surface area contributed by atoms with Gasteiger partial charge in [-0.3, -0.25) is 4.79 Å². The van der Waals surface area contributed by atoms with Crippen molar-refractivity contribution in [2.75, 3.05) is 6.54 Å². The van der Waals surface area contributed by atoms with E-state index in [-0.39, 0.29) is 5.91 Å². The number of aliphatic hydroxyl groups is 1. The molecule has 1 saturated carbocycles. The highest BCUT2D eigenvalue weighted by atomic mass is 32.1. The van der Waals surface area contributed by atoms with E-state index in [1.807, 2.05) is 0 Å². The number of carbonyl (C=O) groups excluding carboxylic acids is 1. The number of nitrogens with zero attached hydrogens (tertiary/aromatic N) is 2. The fourth-order valence-corrected chi connectivity index (χ4v) is 3.43. The number of aromatic nitrogens is 2. The maximum atomic E-state index is 12.1. The first kappa shape index (κ1) is 14.4. The van der Waals surface area contributed by atoms with Crippen LogP contribution in [0.15, 0.2) is 18.2 Å². The van der Waals surface area contributed by atoms with Crippen molar-refractivity contribution >= 4 is 28.7 Å². The highest BCUT2D eigenvalue weighted by Gasteiger charge is 2.22. The van der Waals surface area contributed by atoms with Crippen LogP contribution in [-0.4, -0.2) is 32.4 Å². The largest absolute Gasteiger partial charge is 0.391 e. The predicted molar refractivity (Wildman–Crippen MR) is 82.3 cm³/mol. The SMILES string of the molecule is O=C(NCC(O)C1CCCCC1)c1ccc2nsnc2c1. The molecule has 1 fully saturated rings. The lowest BCUT2D eigenvalue weighted by Crippen LogP contribution is -2.37. The van der Waals surface area contributed by atoms with E-state index in [2.05, 4.69) is 14.1 Å². The Morgan fingerprint density at radius 3 is 2.86 bits per heavy atom. The van der Waals surface area contributed by atoms with Crippen molar-refractivity contribution in [2.24, 2.45) is 5.92 Å². The monoisotopic (exact) mass is 305 g/mol. The second kappa shape index (κ2) is 6.49. The molecule has 0 saturated heterocycles. The number of carbonyl (C=O) groups is 1. The summed E-state index contributed by atoms with van der Waals surface area (Å²) in [6.45, 7) is 0.316. The van der Waals surface area contributed by atoms with E-state index in [0.717, 1.165) is 35.6 Å². The molecule has 2 N–H and O–H groups in total. The predicted octanol–water partition coefficient (Wildman–Crippen LogP) is 2.36. The van der Waals surface area contributed by atoms with Gasteiger partial charge >= 0.3 is 0 Å². The van der Waals surface area contributed by atoms with Gasteiger partial charge in [0.1, 0.15) is 11.0 Å². The summed E-state index contributed by atoms with van der Waals surface area (Å²) in [4.78, 5) is 12.1. The van der Waals surface area contributed by atoms with Gasteiger partial charge in [0.15, 0.2) is 0 Å². The van der Waals surface area contributed by atoms with Crippen LogP contribution >= 0.6 is 11.7 Å². The molecule has 2 aromatic rings. The molecule has 1 amide bonds. The third-order valence-corrected chi connectivity index (χ3v) is 4.74. The summed E-state index contributed by atoms with van der Waals surface area (Å²) in [5, 5.41) is 13.0. The van der Waals surface area contributed by atoms with Gasteiger partial charge in [0, 0.05) is 12.1 Å². The van der Waals surface area contributed by atoms with E-state index < -0.39 is 6.10 Å². The van der Waals surface area contributed by atoms with E-state index >= 15 is 0 Å². The van der Waals surface area contributed by atoms with Crippen molar-refractivity contribution in [1.29, 1.82) is 0 Å². The highest BCUT2D eigenvalue weighted by Crippen LogP contribution is 2.26. The molecule has 1 aromatic heterocycles. The minimum Gasteiger partial charge on any atom is -0.391 e. The number of hydrogen-bond acceptors (Lipinski definition) is 5. The third kappa shape index (κ3) is 3.39. The molecule has 0 aliphatic heterocycles. The lowest BCUT2D eigenvalue weighted by molar-refractivity contribution is 0.0738. The third-order valence-electron chi connectivity index (χ3n) is 4.18. The van der Waals surface area contributed by atoms with Crippen molar-refractivity contribution in [1.82, 2.24) is 14.1 Å². The van der Waals surface area contributed by atoms with Crippen LogP contribution in [0.4, 0.5) is 0 Å². The van der Waals surface area contributed by atoms with Gasteiger partial charge in [-0.05, 0) is 37.0 Å². The molecule has 0 bridgehead atoms. The van der Waals surface area contributed by atoms with E-state index in [9.17, 15) is 9.90 Å². The molecule has 5 nitrogen and oxygen atoms in total. The average molecular weight is 305 g/mol. The molecule has 1 heterocycles. The molecule has 0 radical (unpaired) electrons. The second-order valence-corrected chi connectivity index (χ2v) is 6.17. The molecule has 21 heavy (non-hydrogen) atoms. The quantitative estimate of drug-likeness (QED) is 0.909. The zero-order chi connectivity index (χ0) is 14.7. The van der Waals surface area contributed by atoms with Gasteiger partial charge in [0.25, 0.3) is 5.91 Å². The first-order valence-corrected chi connectivity index (χ1v) is 8.15. The number of hydrogen-bond donors (Lipinski definition) is 2. The molecule has 1 aliphatic carbocycles. The van der Waals surface area contributed by atoms with Crippen LogP contribution in [0.25, 0.3) is 11.0 Å². The van der Waals surface area contributed by atoms with Gasteiger partial charge < -0.3 is 10.4 Å². The lowest BCUT2D eigenvalue weighted by Gasteiger charge is -2.26. The lowest BCUT2D eigenvalue weighted by atomic mass is 9.85. The summed E-state index contributed by atoms with van der Waals surface area (Å²) >= 11 is 1.14. The Bertz CT molecular complexity index is 622. The van der Waals surface area contributed by atoms with Crippen LogP contribution in [0.1, 0.15) is 42.5 Å². The second-order valence-electron chi connectivity index (χ2n) is 5.64. The van der Waals surface area contributed by atoms with Gasteiger partial charge in [-0.15, -0.1) is 0 Å². The molecule has 1 aromatic carbocycles. The van der Waals surface area contributed by atoms with Crippen molar-refractivity contribution in [3.05, 3.63) is 23.8 Å². The van der Waals surface area contributed by atoms with Gasteiger partial charge in [-0.25, -0.2) is 0 Å². The van der Waals surface area contributed by atoms with E-state index in [1.165, 1.54) is 19.3 Å². The molecular formula is C15H19N3O2S. The Balaban J connectivity index is 1.57. The van der Waals surface area contributed by atoms with Crippen LogP contribution in [0, 0.1) is 5.92 Å². The molecular weight excluding hydrogens is 286 g/mol. The van der Waals surface area contributed by atoms with Crippen LogP contribution in [0.2, 0.25) is 0 Å². The fourth-order valence-electron chi connectivity index (χ4n) is 2.91. The number of benzene rings is 1. The number of nitrogens with one attached hydrogen (secondary N) is 1. The van der Waals surface area contributed by atoms with Crippen LogP contribution < -0.4 is 5.32 Å². The summed E-state index contributed by atoms with van der Waals surface area (Å²) in [7, 11) is 0. The van der Waals surface area contributed by atoms with Crippen molar-refractivity contribution in [2.45, 2.75) is 38.2 Å². The van der Waals surface area contributed by atoms with Crippen LogP contribution in [0.3, 0.4) is 0 Å². The molecule has 1 atom stereocenters. The molecule has 6 heteroatoms. The zero-order valence-electron chi connectivity index (χ0n) is 11.8. The summed E-state index contributed by atoms with van der Waals surface area (Å²) < 4.78 is 8.24. The minimum absolute atomic E-state index is 0.167.